The highest BCUT2D eigenvalue weighted by atomic mass is 35.5. The highest BCUT2D eigenvalue weighted by molar-refractivity contribution is 6.32. The monoisotopic (exact) mass is 264 g/mol. The summed E-state index contributed by atoms with van der Waals surface area (Å²) in [5.41, 5.74) is 7.84. The van der Waals surface area contributed by atoms with Crippen LogP contribution in [0.1, 0.15) is 36.4 Å². The maximum Gasteiger partial charge on any atom is 0.137 e. The molecule has 1 aliphatic rings. The molecule has 1 unspecified atom stereocenters. The van der Waals surface area contributed by atoms with Gasteiger partial charge in [-0.05, 0) is 43.0 Å². The normalized spacial score (nSPS) is 18.6. The summed E-state index contributed by atoms with van der Waals surface area (Å²) in [5.74, 6) is 0.643. The molecule has 3 nitrogen and oxygen atoms in total. The van der Waals surface area contributed by atoms with Crippen molar-refractivity contribution in [1.29, 1.82) is 5.26 Å². The van der Waals surface area contributed by atoms with Gasteiger partial charge in [-0.15, -0.1) is 0 Å². The minimum atomic E-state index is -0.414. The lowest BCUT2D eigenvalue weighted by molar-refractivity contribution is 0.168. The summed E-state index contributed by atoms with van der Waals surface area (Å²) in [7, 11) is 1.59. The Morgan fingerprint density at radius 2 is 2.17 bits per heavy atom. The fourth-order valence-electron chi connectivity index (χ4n) is 2.51. The number of aryl methyl sites for hydroxylation is 1. The molecule has 0 bridgehead atoms. The van der Waals surface area contributed by atoms with Crippen molar-refractivity contribution in [3.63, 3.8) is 0 Å². The van der Waals surface area contributed by atoms with Gasteiger partial charge in [0.15, 0.2) is 0 Å². The molecule has 0 saturated heterocycles. The number of benzene rings is 1. The van der Waals surface area contributed by atoms with Gasteiger partial charge in [-0.3, -0.25) is 0 Å². The van der Waals surface area contributed by atoms with Crippen LogP contribution in [0.3, 0.4) is 0 Å². The first-order valence-corrected chi connectivity index (χ1v) is 6.43. The molecule has 0 heterocycles. The maximum absolute atomic E-state index is 9.34. The van der Waals surface area contributed by atoms with E-state index < -0.39 is 5.41 Å². The van der Waals surface area contributed by atoms with E-state index in [9.17, 15) is 5.26 Å². The van der Waals surface area contributed by atoms with Gasteiger partial charge in [-0.1, -0.05) is 18.0 Å². The molecule has 4 heteroatoms. The van der Waals surface area contributed by atoms with Crippen molar-refractivity contribution >= 4 is 11.6 Å². The second kappa shape index (κ2) is 4.79. The van der Waals surface area contributed by atoms with Crippen molar-refractivity contribution in [2.75, 3.05) is 7.11 Å². The fraction of sp³-hybridized carbons (Fsp3) is 0.500. The van der Waals surface area contributed by atoms with Gasteiger partial charge in [0.2, 0.25) is 0 Å². The summed E-state index contributed by atoms with van der Waals surface area (Å²) in [6.45, 7) is 1.97. The zero-order chi connectivity index (χ0) is 13.3. The van der Waals surface area contributed by atoms with Crippen molar-refractivity contribution in [2.24, 2.45) is 11.1 Å². The summed E-state index contributed by atoms with van der Waals surface area (Å²) in [6, 6.07) is 5.82. The Bertz CT molecular complexity index is 503. The number of hydrogen-bond acceptors (Lipinski definition) is 3. The lowest BCUT2D eigenvalue weighted by atomic mass is 9.63. The van der Waals surface area contributed by atoms with Crippen LogP contribution in [-0.4, -0.2) is 7.11 Å². The number of rotatable bonds is 3. The number of nitrogens with two attached hydrogens (primary N) is 1. The molecule has 2 rings (SSSR count). The van der Waals surface area contributed by atoms with Gasteiger partial charge in [-0.2, -0.15) is 5.26 Å². The quantitative estimate of drug-likeness (QED) is 0.911. The Morgan fingerprint density at radius 1 is 1.50 bits per heavy atom. The summed E-state index contributed by atoms with van der Waals surface area (Å²) < 4.78 is 5.18. The average molecular weight is 265 g/mol. The van der Waals surface area contributed by atoms with Crippen LogP contribution < -0.4 is 10.5 Å². The van der Waals surface area contributed by atoms with Gasteiger partial charge in [0.05, 0.1) is 23.6 Å². The SMILES string of the molecule is COc1cc(C)c(C(N)C2(C#N)CCC2)cc1Cl. The molecule has 1 aromatic rings. The molecular weight excluding hydrogens is 248 g/mol. The minimum absolute atomic E-state index is 0.278. The van der Waals surface area contributed by atoms with E-state index in [2.05, 4.69) is 6.07 Å². The second-order valence-electron chi connectivity index (χ2n) is 4.94. The van der Waals surface area contributed by atoms with Gasteiger partial charge in [-0.25, -0.2) is 0 Å². The molecule has 0 amide bonds. The third kappa shape index (κ3) is 1.96. The number of ether oxygens (including phenoxy) is 1. The summed E-state index contributed by atoms with van der Waals surface area (Å²) in [6.07, 6.45) is 2.81. The number of hydrogen-bond donors (Lipinski definition) is 1. The predicted octanol–water partition coefficient (Wildman–Crippen LogP) is 3.35. The van der Waals surface area contributed by atoms with E-state index in [-0.39, 0.29) is 6.04 Å². The first-order valence-electron chi connectivity index (χ1n) is 6.05. The van der Waals surface area contributed by atoms with Crippen LogP contribution in [0.25, 0.3) is 0 Å². The number of halogens is 1. The van der Waals surface area contributed by atoms with Crippen LogP contribution in [0.15, 0.2) is 12.1 Å². The van der Waals surface area contributed by atoms with Gasteiger partial charge in [0, 0.05) is 6.04 Å². The largest absolute Gasteiger partial charge is 0.495 e. The lowest BCUT2D eigenvalue weighted by Gasteiger charge is -2.40. The smallest absolute Gasteiger partial charge is 0.137 e. The van der Waals surface area contributed by atoms with E-state index >= 15 is 0 Å². The van der Waals surface area contributed by atoms with Gasteiger partial charge >= 0.3 is 0 Å². The molecule has 2 N–H and O–H groups in total. The Hall–Kier alpha value is -1.24. The molecule has 0 aliphatic heterocycles. The highest BCUT2D eigenvalue weighted by Gasteiger charge is 2.44. The number of nitrogens with zero attached hydrogens (tertiary/aromatic N) is 1. The maximum atomic E-state index is 9.34. The first-order chi connectivity index (χ1) is 8.54. The van der Waals surface area contributed by atoms with Crippen LogP contribution in [0.5, 0.6) is 5.75 Å². The third-order valence-electron chi connectivity index (χ3n) is 3.94. The van der Waals surface area contributed by atoms with Crippen LogP contribution in [0, 0.1) is 23.7 Å². The standard InChI is InChI=1S/C14H17ClN2O/c1-9-6-12(18-2)11(15)7-10(9)13(17)14(8-16)4-3-5-14/h6-7,13H,3-5,17H2,1-2H3. The number of nitriles is 1. The predicted molar refractivity (Wildman–Crippen MR) is 71.6 cm³/mol. The van der Waals surface area contributed by atoms with Crippen LogP contribution in [-0.2, 0) is 0 Å². The molecule has 1 saturated carbocycles. The zero-order valence-electron chi connectivity index (χ0n) is 10.7. The van der Waals surface area contributed by atoms with Crippen LogP contribution >= 0.6 is 11.6 Å². The average Bonchev–Trinajstić information content (AvgIpc) is 2.30. The Labute approximate surface area is 112 Å². The Morgan fingerprint density at radius 3 is 2.61 bits per heavy atom. The molecule has 0 radical (unpaired) electrons. The minimum Gasteiger partial charge on any atom is -0.495 e. The molecule has 1 aromatic carbocycles. The molecule has 96 valence electrons. The zero-order valence-corrected chi connectivity index (χ0v) is 11.4. The fourth-order valence-corrected chi connectivity index (χ4v) is 2.76. The van der Waals surface area contributed by atoms with Gasteiger partial charge in [0.1, 0.15) is 5.75 Å². The van der Waals surface area contributed by atoms with E-state index in [1.165, 1.54) is 0 Å². The highest BCUT2D eigenvalue weighted by Crippen LogP contribution is 2.49. The Balaban J connectivity index is 2.40. The van der Waals surface area contributed by atoms with Gasteiger partial charge in [0.25, 0.3) is 0 Å². The topological polar surface area (TPSA) is 59.0 Å². The van der Waals surface area contributed by atoms with Gasteiger partial charge < -0.3 is 10.5 Å². The molecule has 1 aliphatic carbocycles. The van der Waals surface area contributed by atoms with Crippen LogP contribution in [0.2, 0.25) is 5.02 Å². The van der Waals surface area contributed by atoms with Crippen molar-refractivity contribution in [3.05, 3.63) is 28.3 Å². The number of methoxy groups -OCH3 is 1. The van der Waals surface area contributed by atoms with E-state index in [1.807, 2.05) is 19.1 Å². The van der Waals surface area contributed by atoms with E-state index in [0.717, 1.165) is 30.4 Å². The molecular formula is C14H17ClN2O. The molecule has 0 spiro atoms. The van der Waals surface area contributed by atoms with Crippen molar-refractivity contribution < 1.29 is 4.74 Å². The molecule has 0 aromatic heterocycles. The van der Waals surface area contributed by atoms with E-state index in [0.29, 0.717) is 10.8 Å². The molecule has 1 fully saturated rings. The first kappa shape index (κ1) is 13.2. The third-order valence-corrected chi connectivity index (χ3v) is 4.23. The van der Waals surface area contributed by atoms with Crippen molar-refractivity contribution in [3.8, 4) is 11.8 Å². The second-order valence-corrected chi connectivity index (χ2v) is 5.35. The molecule has 1 atom stereocenters. The summed E-state index contributed by atoms with van der Waals surface area (Å²) >= 11 is 6.14. The molecule has 18 heavy (non-hydrogen) atoms. The Kier molecular flexibility index (Phi) is 3.52. The lowest BCUT2D eigenvalue weighted by Crippen LogP contribution is -2.39. The van der Waals surface area contributed by atoms with Crippen LogP contribution in [0.4, 0.5) is 0 Å². The van der Waals surface area contributed by atoms with E-state index in [1.54, 1.807) is 7.11 Å². The summed E-state index contributed by atoms with van der Waals surface area (Å²) in [5, 5.41) is 9.88. The summed E-state index contributed by atoms with van der Waals surface area (Å²) in [4.78, 5) is 0. The van der Waals surface area contributed by atoms with E-state index in [4.69, 9.17) is 22.1 Å². The van der Waals surface area contributed by atoms with Crippen molar-refractivity contribution in [1.82, 2.24) is 0 Å². The van der Waals surface area contributed by atoms with Crippen molar-refractivity contribution in [2.45, 2.75) is 32.2 Å².